The van der Waals surface area contributed by atoms with Crippen LogP contribution in [0.25, 0.3) is 0 Å². The van der Waals surface area contributed by atoms with E-state index >= 15 is 0 Å². The molecule has 1 aliphatic carbocycles. The zero-order chi connectivity index (χ0) is 10.3. The van der Waals surface area contributed by atoms with Crippen LogP contribution in [-0.2, 0) is 9.59 Å². The predicted molar refractivity (Wildman–Crippen MR) is 47.2 cm³/mol. The van der Waals surface area contributed by atoms with Gasteiger partial charge in [-0.3, -0.25) is 9.59 Å². The lowest BCUT2D eigenvalue weighted by molar-refractivity contribution is -0.163. The molecule has 0 radical (unpaired) electrons. The van der Waals surface area contributed by atoms with E-state index in [1.165, 1.54) is 6.92 Å². The minimum Gasteiger partial charge on any atom is -0.481 e. The van der Waals surface area contributed by atoms with Crippen LogP contribution < -0.4 is 5.32 Å². The second kappa shape index (κ2) is 2.72. The Morgan fingerprint density at radius 3 is 2.08 bits per heavy atom. The molecule has 1 aliphatic rings. The van der Waals surface area contributed by atoms with Gasteiger partial charge in [0.1, 0.15) is 0 Å². The minimum absolute atomic E-state index is 0.172. The molecular weight excluding hydrogens is 170 g/mol. The second-order valence-electron chi connectivity index (χ2n) is 4.15. The molecule has 13 heavy (non-hydrogen) atoms. The van der Waals surface area contributed by atoms with Gasteiger partial charge in [-0.05, 0) is 26.7 Å². The van der Waals surface area contributed by atoms with Crippen molar-refractivity contribution in [1.29, 1.82) is 0 Å². The Morgan fingerprint density at radius 2 is 1.85 bits per heavy atom. The molecule has 1 saturated carbocycles. The Bertz CT molecular complexity index is 264. The summed E-state index contributed by atoms with van der Waals surface area (Å²) in [6, 6.07) is 0. The van der Waals surface area contributed by atoms with E-state index in [0.29, 0.717) is 6.42 Å². The quantitative estimate of drug-likeness (QED) is 0.667. The van der Waals surface area contributed by atoms with Crippen LogP contribution in [-0.4, -0.2) is 22.5 Å². The molecule has 0 aliphatic heterocycles. The average Bonchev–Trinajstić information content (AvgIpc) is 1.99. The molecule has 4 nitrogen and oxygen atoms in total. The summed E-state index contributed by atoms with van der Waals surface area (Å²) in [7, 11) is 0. The maximum absolute atomic E-state index is 10.9. The van der Waals surface area contributed by atoms with Gasteiger partial charge in [-0.2, -0.15) is 0 Å². The summed E-state index contributed by atoms with van der Waals surface area (Å²) in [6.45, 7) is 4.87. The van der Waals surface area contributed by atoms with E-state index < -0.39 is 16.9 Å². The fourth-order valence-electron chi connectivity index (χ4n) is 1.81. The number of rotatable bonds is 2. The van der Waals surface area contributed by atoms with Crippen molar-refractivity contribution in [1.82, 2.24) is 5.32 Å². The summed E-state index contributed by atoms with van der Waals surface area (Å²) in [5, 5.41) is 11.7. The Labute approximate surface area is 77.3 Å². The number of hydrogen-bond acceptors (Lipinski definition) is 2. The molecule has 1 fully saturated rings. The number of carbonyl (C=O) groups excluding carboxylic acids is 1. The van der Waals surface area contributed by atoms with Crippen LogP contribution in [0, 0.1) is 5.41 Å². The first kappa shape index (κ1) is 10.0. The molecule has 0 aromatic heterocycles. The summed E-state index contributed by atoms with van der Waals surface area (Å²) in [5.41, 5.74) is -1.39. The zero-order valence-electron chi connectivity index (χ0n) is 8.18. The number of carboxylic acid groups (broad SMARTS) is 1. The van der Waals surface area contributed by atoms with Crippen molar-refractivity contribution < 1.29 is 14.7 Å². The smallest absolute Gasteiger partial charge is 0.311 e. The van der Waals surface area contributed by atoms with Crippen LogP contribution in [0.5, 0.6) is 0 Å². The standard InChI is InChI=1S/C9H15NO3/c1-6(11)10-9(3)5-4-8(9,2)7(12)13/h4-5H2,1-3H3,(H,10,11)(H,12,13)/t8-,9-/m0/s1. The van der Waals surface area contributed by atoms with Crippen molar-refractivity contribution in [2.45, 2.75) is 39.2 Å². The largest absolute Gasteiger partial charge is 0.481 e. The number of carboxylic acids is 1. The first-order valence-electron chi connectivity index (χ1n) is 4.34. The number of amides is 1. The van der Waals surface area contributed by atoms with Crippen molar-refractivity contribution >= 4 is 11.9 Å². The normalized spacial score (nSPS) is 37.8. The lowest BCUT2D eigenvalue weighted by atomic mass is 9.56. The Kier molecular flexibility index (Phi) is 2.10. The van der Waals surface area contributed by atoms with Crippen LogP contribution >= 0.6 is 0 Å². The van der Waals surface area contributed by atoms with Gasteiger partial charge in [0, 0.05) is 6.92 Å². The Balaban J connectivity index is 2.81. The molecule has 2 atom stereocenters. The van der Waals surface area contributed by atoms with Gasteiger partial charge in [0.15, 0.2) is 0 Å². The predicted octanol–water partition coefficient (Wildman–Crippen LogP) is 0.766. The highest BCUT2D eigenvalue weighted by Crippen LogP contribution is 2.49. The third-order valence-corrected chi connectivity index (χ3v) is 3.27. The molecule has 1 amide bonds. The third kappa shape index (κ3) is 1.30. The Morgan fingerprint density at radius 1 is 1.31 bits per heavy atom. The number of hydrogen-bond donors (Lipinski definition) is 2. The third-order valence-electron chi connectivity index (χ3n) is 3.27. The number of nitrogens with one attached hydrogen (secondary N) is 1. The zero-order valence-corrected chi connectivity index (χ0v) is 8.18. The van der Waals surface area contributed by atoms with E-state index in [2.05, 4.69) is 5.32 Å². The molecule has 0 bridgehead atoms. The summed E-state index contributed by atoms with van der Waals surface area (Å²) >= 11 is 0. The summed E-state index contributed by atoms with van der Waals surface area (Å²) in [6.07, 6.45) is 1.36. The van der Waals surface area contributed by atoms with E-state index in [0.717, 1.165) is 6.42 Å². The molecule has 0 aromatic rings. The van der Waals surface area contributed by atoms with Gasteiger partial charge in [0.2, 0.25) is 5.91 Å². The van der Waals surface area contributed by atoms with E-state index in [9.17, 15) is 9.59 Å². The molecule has 1 rings (SSSR count). The van der Waals surface area contributed by atoms with Crippen molar-refractivity contribution in [3.05, 3.63) is 0 Å². The van der Waals surface area contributed by atoms with Crippen LogP contribution in [0.4, 0.5) is 0 Å². The molecular formula is C9H15NO3. The van der Waals surface area contributed by atoms with Gasteiger partial charge < -0.3 is 10.4 Å². The van der Waals surface area contributed by atoms with Crippen LogP contribution in [0.1, 0.15) is 33.6 Å². The summed E-state index contributed by atoms with van der Waals surface area (Å²) in [4.78, 5) is 21.8. The number of carbonyl (C=O) groups is 2. The van der Waals surface area contributed by atoms with Gasteiger partial charge in [0.25, 0.3) is 0 Å². The molecule has 74 valence electrons. The summed E-state index contributed by atoms with van der Waals surface area (Å²) < 4.78 is 0. The average molecular weight is 185 g/mol. The van der Waals surface area contributed by atoms with Crippen molar-refractivity contribution in [3.63, 3.8) is 0 Å². The highest BCUT2D eigenvalue weighted by Gasteiger charge is 2.58. The van der Waals surface area contributed by atoms with Gasteiger partial charge in [-0.1, -0.05) is 0 Å². The van der Waals surface area contributed by atoms with Gasteiger partial charge >= 0.3 is 5.97 Å². The highest BCUT2D eigenvalue weighted by molar-refractivity contribution is 5.81. The van der Waals surface area contributed by atoms with Gasteiger partial charge in [-0.25, -0.2) is 0 Å². The molecule has 0 unspecified atom stereocenters. The minimum atomic E-state index is -0.838. The second-order valence-corrected chi connectivity index (χ2v) is 4.15. The molecule has 4 heteroatoms. The topological polar surface area (TPSA) is 66.4 Å². The van der Waals surface area contributed by atoms with E-state index in [4.69, 9.17) is 5.11 Å². The van der Waals surface area contributed by atoms with Gasteiger partial charge in [0.05, 0.1) is 11.0 Å². The first-order chi connectivity index (χ1) is 5.82. The lowest BCUT2D eigenvalue weighted by Crippen LogP contribution is -2.66. The fourth-order valence-corrected chi connectivity index (χ4v) is 1.81. The van der Waals surface area contributed by atoms with Gasteiger partial charge in [-0.15, -0.1) is 0 Å². The molecule has 0 spiro atoms. The van der Waals surface area contributed by atoms with Crippen molar-refractivity contribution in [2.75, 3.05) is 0 Å². The molecule has 0 saturated heterocycles. The maximum atomic E-state index is 10.9. The molecule has 0 aromatic carbocycles. The van der Waals surface area contributed by atoms with E-state index in [1.807, 2.05) is 0 Å². The van der Waals surface area contributed by atoms with Crippen LogP contribution in [0.15, 0.2) is 0 Å². The maximum Gasteiger partial charge on any atom is 0.311 e. The fraction of sp³-hybridized carbons (Fsp3) is 0.778. The molecule has 2 N–H and O–H groups in total. The van der Waals surface area contributed by atoms with Crippen LogP contribution in [0.2, 0.25) is 0 Å². The Hall–Kier alpha value is -1.06. The highest BCUT2D eigenvalue weighted by atomic mass is 16.4. The number of aliphatic carboxylic acids is 1. The van der Waals surface area contributed by atoms with Crippen molar-refractivity contribution in [3.8, 4) is 0 Å². The van der Waals surface area contributed by atoms with E-state index in [1.54, 1.807) is 13.8 Å². The first-order valence-corrected chi connectivity index (χ1v) is 4.34. The van der Waals surface area contributed by atoms with Crippen molar-refractivity contribution in [2.24, 2.45) is 5.41 Å². The van der Waals surface area contributed by atoms with E-state index in [-0.39, 0.29) is 5.91 Å². The monoisotopic (exact) mass is 185 g/mol. The SMILES string of the molecule is CC(=O)N[C@@]1(C)CC[C@@]1(C)C(=O)O. The summed E-state index contributed by atoms with van der Waals surface area (Å²) in [5.74, 6) is -1.01. The van der Waals surface area contributed by atoms with Crippen LogP contribution in [0.3, 0.4) is 0 Å². The lowest BCUT2D eigenvalue weighted by Gasteiger charge is -2.53. The molecule has 0 heterocycles.